The maximum Gasteiger partial charge on any atom is 0.141 e. The fraction of sp³-hybridized carbons (Fsp3) is 0.263. The van der Waals surface area contributed by atoms with Gasteiger partial charge in [0.2, 0.25) is 0 Å². The molecule has 0 radical (unpaired) electrons. The number of ether oxygens (including phenoxy) is 1. The van der Waals surface area contributed by atoms with Gasteiger partial charge in [0.15, 0.2) is 0 Å². The number of hydrogen-bond donors (Lipinski definition) is 1. The molecule has 1 heterocycles. The molecule has 4 heteroatoms. The molecule has 0 spiro atoms. The van der Waals surface area contributed by atoms with Gasteiger partial charge < -0.3 is 10.1 Å². The highest BCUT2D eigenvalue weighted by Gasteiger charge is 2.08. The molecule has 0 aliphatic carbocycles. The summed E-state index contributed by atoms with van der Waals surface area (Å²) < 4.78 is 5.62. The maximum atomic E-state index is 5.62. The summed E-state index contributed by atoms with van der Waals surface area (Å²) in [7, 11) is 0. The number of fused-ring (bicyclic) bond motifs is 1. The Morgan fingerprint density at radius 3 is 2.48 bits per heavy atom. The normalized spacial score (nSPS) is 9.91. The topological polar surface area (TPSA) is 47.0 Å². The van der Waals surface area contributed by atoms with Gasteiger partial charge in [0.25, 0.3) is 0 Å². The van der Waals surface area contributed by atoms with E-state index in [4.69, 9.17) is 4.74 Å². The van der Waals surface area contributed by atoms with Crippen LogP contribution in [0.3, 0.4) is 0 Å². The highest BCUT2D eigenvalue weighted by molar-refractivity contribution is 5.92. The zero-order chi connectivity index (χ0) is 16.7. The first-order chi connectivity index (χ1) is 11.3. The van der Waals surface area contributed by atoms with Crippen molar-refractivity contribution >= 4 is 22.4 Å². The summed E-state index contributed by atoms with van der Waals surface area (Å²) in [5, 5.41) is 4.32. The van der Waals surface area contributed by atoms with Gasteiger partial charge in [-0.1, -0.05) is 32.0 Å². The van der Waals surface area contributed by atoms with Crippen molar-refractivity contribution in [2.24, 2.45) is 0 Å². The lowest BCUT2D eigenvalue weighted by Crippen LogP contribution is -1.98. The fourth-order valence-corrected chi connectivity index (χ4v) is 2.26. The summed E-state index contributed by atoms with van der Waals surface area (Å²) in [6.07, 6.45) is 1.57. The summed E-state index contributed by atoms with van der Waals surface area (Å²) in [5.74, 6) is 1.67. The van der Waals surface area contributed by atoms with Crippen LogP contribution in [0.2, 0.25) is 0 Å². The maximum absolute atomic E-state index is 5.62. The van der Waals surface area contributed by atoms with E-state index >= 15 is 0 Å². The predicted molar refractivity (Wildman–Crippen MR) is 96.5 cm³/mol. The molecule has 2 aromatic carbocycles. The number of aromatic nitrogens is 2. The van der Waals surface area contributed by atoms with E-state index in [0.717, 1.165) is 33.7 Å². The van der Waals surface area contributed by atoms with Crippen molar-refractivity contribution < 1.29 is 4.74 Å². The highest BCUT2D eigenvalue weighted by Crippen LogP contribution is 2.29. The first-order valence-corrected chi connectivity index (χ1v) is 7.98. The molecule has 1 N–H and O–H groups in total. The number of nitrogens with one attached hydrogen (secondary N) is 1. The van der Waals surface area contributed by atoms with E-state index in [9.17, 15) is 0 Å². The average molecular weight is 309 g/mol. The minimum Gasteiger partial charge on any atom is -0.494 e. The number of rotatable bonds is 4. The molecule has 0 atom stereocenters. The first-order valence-electron chi connectivity index (χ1n) is 7.98. The van der Waals surface area contributed by atoms with Gasteiger partial charge in [0, 0.05) is 17.1 Å². The standard InChI is InChI=1S/C17H17N3O.C2H6/c1-3-21-16-10-15-14(9-12(16)2)17(19-11-18-15)20-13-7-5-4-6-8-13;1-2/h4-11H,3H2,1-2H3,(H,18,19,20);1-2H3. The second-order valence-corrected chi connectivity index (χ2v) is 4.78. The van der Waals surface area contributed by atoms with Crippen molar-refractivity contribution in [2.45, 2.75) is 27.7 Å². The van der Waals surface area contributed by atoms with Gasteiger partial charge >= 0.3 is 0 Å². The van der Waals surface area contributed by atoms with E-state index in [2.05, 4.69) is 21.4 Å². The number of hydrogen-bond acceptors (Lipinski definition) is 4. The fourth-order valence-electron chi connectivity index (χ4n) is 2.26. The Morgan fingerprint density at radius 2 is 1.78 bits per heavy atom. The largest absolute Gasteiger partial charge is 0.494 e. The summed E-state index contributed by atoms with van der Waals surface area (Å²) >= 11 is 0. The van der Waals surface area contributed by atoms with E-state index in [1.807, 2.05) is 64.1 Å². The first kappa shape index (κ1) is 16.7. The van der Waals surface area contributed by atoms with E-state index in [-0.39, 0.29) is 0 Å². The average Bonchev–Trinajstić information content (AvgIpc) is 2.59. The summed E-state index contributed by atoms with van der Waals surface area (Å²) in [4.78, 5) is 8.69. The van der Waals surface area contributed by atoms with Crippen molar-refractivity contribution in [3.8, 4) is 5.75 Å². The Kier molecular flexibility index (Phi) is 5.92. The molecule has 0 amide bonds. The monoisotopic (exact) mass is 309 g/mol. The van der Waals surface area contributed by atoms with Crippen molar-refractivity contribution in [2.75, 3.05) is 11.9 Å². The second-order valence-electron chi connectivity index (χ2n) is 4.78. The molecule has 3 rings (SSSR count). The van der Waals surface area contributed by atoms with Crippen LogP contribution in [0.5, 0.6) is 5.75 Å². The lowest BCUT2D eigenvalue weighted by molar-refractivity contribution is 0.338. The molecule has 1 aromatic heterocycles. The third-order valence-electron chi connectivity index (χ3n) is 3.27. The molecule has 0 aliphatic rings. The van der Waals surface area contributed by atoms with Crippen LogP contribution in [0, 0.1) is 6.92 Å². The molecule has 0 fully saturated rings. The lowest BCUT2D eigenvalue weighted by atomic mass is 10.1. The van der Waals surface area contributed by atoms with Gasteiger partial charge in [-0.3, -0.25) is 0 Å². The number of anilines is 2. The molecule has 0 saturated heterocycles. The van der Waals surface area contributed by atoms with Crippen molar-refractivity contribution in [1.29, 1.82) is 0 Å². The van der Waals surface area contributed by atoms with Crippen LogP contribution in [-0.2, 0) is 0 Å². The van der Waals surface area contributed by atoms with E-state index in [0.29, 0.717) is 6.61 Å². The lowest BCUT2D eigenvalue weighted by Gasteiger charge is -2.11. The van der Waals surface area contributed by atoms with E-state index in [1.165, 1.54) is 0 Å². The number of para-hydroxylation sites is 1. The summed E-state index contributed by atoms with van der Waals surface area (Å²) in [5.41, 5.74) is 2.96. The Hall–Kier alpha value is -2.62. The van der Waals surface area contributed by atoms with Crippen LogP contribution in [0.4, 0.5) is 11.5 Å². The second kappa shape index (κ2) is 8.13. The highest BCUT2D eigenvalue weighted by atomic mass is 16.5. The van der Waals surface area contributed by atoms with Crippen LogP contribution in [0.1, 0.15) is 26.3 Å². The third-order valence-corrected chi connectivity index (χ3v) is 3.27. The van der Waals surface area contributed by atoms with Crippen LogP contribution < -0.4 is 10.1 Å². The van der Waals surface area contributed by atoms with Gasteiger partial charge in [-0.25, -0.2) is 9.97 Å². The Morgan fingerprint density at radius 1 is 1.04 bits per heavy atom. The molecular formula is C19H23N3O. The minimum absolute atomic E-state index is 0.645. The zero-order valence-electron chi connectivity index (χ0n) is 14.1. The smallest absolute Gasteiger partial charge is 0.141 e. The van der Waals surface area contributed by atoms with Crippen LogP contribution in [-0.4, -0.2) is 16.6 Å². The number of benzene rings is 2. The van der Waals surface area contributed by atoms with Gasteiger partial charge in [0.1, 0.15) is 17.9 Å². The molecular weight excluding hydrogens is 286 g/mol. The van der Waals surface area contributed by atoms with Crippen LogP contribution in [0.25, 0.3) is 10.9 Å². The van der Waals surface area contributed by atoms with Gasteiger partial charge in [-0.2, -0.15) is 0 Å². The number of aryl methyl sites for hydroxylation is 1. The summed E-state index contributed by atoms with van der Waals surface area (Å²) in [6, 6.07) is 14.0. The Labute approximate surface area is 137 Å². The molecule has 0 bridgehead atoms. The van der Waals surface area contributed by atoms with Crippen LogP contribution >= 0.6 is 0 Å². The molecule has 0 saturated carbocycles. The molecule has 4 nitrogen and oxygen atoms in total. The third kappa shape index (κ3) is 3.97. The SMILES string of the molecule is CC.CCOc1cc2ncnc(Nc3ccccc3)c2cc1C. The van der Waals surface area contributed by atoms with Crippen molar-refractivity contribution in [3.63, 3.8) is 0 Å². The van der Waals surface area contributed by atoms with Crippen molar-refractivity contribution in [1.82, 2.24) is 9.97 Å². The van der Waals surface area contributed by atoms with Crippen molar-refractivity contribution in [3.05, 3.63) is 54.4 Å². The Bertz CT molecular complexity index is 757. The van der Waals surface area contributed by atoms with Gasteiger partial charge in [0.05, 0.1) is 12.1 Å². The predicted octanol–water partition coefficient (Wildman–Crippen LogP) is 5.11. The van der Waals surface area contributed by atoms with Gasteiger partial charge in [-0.05, 0) is 37.6 Å². The quantitative estimate of drug-likeness (QED) is 0.727. The van der Waals surface area contributed by atoms with Gasteiger partial charge in [-0.15, -0.1) is 0 Å². The van der Waals surface area contributed by atoms with E-state index in [1.54, 1.807) is 6.33 Å². The van der Waals surface area contributed by atoms with E-state index < -0.39 is 0 Å². The number of nitrogens with zero attached hydrogens (tertiary/aromatic N) is 2. The molecule has 23 heavy (non-hydrogen) atoms. The molecule has 120 valence electrons. The Balaban J connectivity index is 0.000000924. The van der Waals surface area contributed by atoms with Crippen LogP contribution in [0.15, 0.2) is 48.8 Å². The zero-order valence-corrected chi connectivity index (χ0v) is 14.1. The molecule has 0 unspecified atom stereocenters. The summed E-state index contributed by atoms with van der Waals surface area (Å²) in [6.45, 7) is 8.66. The minimum atomic E-state index is 0.645. The molecule has 0 aliphatic heterocycles. The molecule has 3 aromatic rings.